The summed E-state index contributed by atoms with van der Waals surface area (Å²) in [4.78, 5) is 22.4. The van der Waals surface area contributed by atoms with Crippen molar-refractivity contribution in [2.45, 2.75) is 31.6 Å². The van der Waals surface area contributed by atoms with Gasteiger partial charge in [-0.3, -0.25) is 9.78 Å². The van der Waals surface area contributed by atoms with Crippen LogP contribution in [0.2, 0.25) is 0 Å². The Morgan fingerprint density at radius 2 is 1.86 bits per heavy atom. The number of ether oxygens (including phenoxy) is 1. The fourth-order valence-electron chi connectivity index (χ4n) is 4.55. The van der Waals surface area contributed by atoms with Crippen LogP contribution in [-0.2, 0) is 4.79 Å². The summed E-state index contributed by atoms with van der Waals surface area (Å²) in [7, 11) is 3.82. The van der Waals surface area contributed by atoms with Gasteiger partial charge in [0, 0.05) is 36.2 Å². The van der Waals surface area contributed by atoms with Gasteiger partial charge >= 0.3 is 0 Å². The molecule has 1 atom stereocenters. The molecule has 2 fully saturated rings. The Labute approximate surface area is 173 Å². The van der Waals surface area contributed by atoms with Crippen LogP contribution >= 0.6 is 0 Å². The first kappa shape index (κ1) is 19.9. The highest BCUT2D eigenvalue weighted by Gasteiger charge is 2.31. The van der Waals surface area contributed by atoms with E-state index in [-0.39, 0.29) is 5.92 Å². The van der Waals surface area contributed by atoms with E-state index in [1.807, 2.05) is 24.3 Å². The molecule has 29 heavy (non-hydrogen) atoms. The molecule has 0 bridgehead atoms. The Hall–Kier alpha value is -2.40. The number of carbonyl (C=O) groups is 1. The zero-order valence-electron chi connectivity index (χ0n) is 17.5. The highest BCUT2D eigenvalue weighted by molar-refractivity contribution is 5.79. The summed E-state index contributed by atoms with van der Waals surface area (Å²) in [5.41, 5.74) is 3.10. The van der Waals surface area contributed by atoms with Crippen LogP contribution in [0.3, 0.4) is 0 Å². The lowest BCUT2D eigenvalue weighted by Crippen LogP contribution is -2.45. The molecule has 0 spiro atoms. The third kappa shape index (κ3) is 4.61. The van der Waals surface area contributed by atoms with Crippen LogP contribution in [0.15, 0.2) is 42.5 Å². The highest BCUT2D eigenvalue weighted by Crippen LogP contribution is 2.30. The van der Waals surface area contributed by atoms with E-state index in [9.17, 15) is 4.79 Å². The van der Waals surface area contributed by atoms with Gasteiger partial charge in [-0.15, -0.1) is 0 Å². The number of nitrogens with zero attached hydrogens (tertiary/aromatic N) is 3. The largest absolute Gasteiger partial charge is 0.497 e. The molecule has 1 aromatic heterocycles. The van der Waals surface area contributed by atoms with Crippen LogP contribution in [0.4, 0.5) is 0 Å². The maximum absolute atomic E-state index is 13.1. The maximum Gasteiger partial charge on any atom is 0.225 e. The van der Waals surface area contributed by atoms with E-state index >= 15 is 0 Å². The van der Waals surface area contributed by atoms with Crippen molar-refractivity contribution >= 4 is 5.91 Å². The van der Waals surface area contributed by atoms with Crippen molar-refractivity contribution in [3.05, 3.63) is 48.2 Å². The summed E-state index contributed by atoms with van der Waals surface area (Å²) in [6, 6.07) is 14.2. The minimum atomic E-state index is 0.195. The number of hydrogen-bond acceptors (Lipinski definition) is 4. The number of pyridine rings is 1. The standard InChI is InChI=1S/C24H31N3O2/c1-26-14-11-18(12-15-26)24(28)27-13-5-7-20(17-27)23-10-4-9-22(25-23)19-6-3-8-21(16-19)29-2/h3-4,6,8-10,16,18,20H,5,7,11-15,17H2,1-2H3/t20-/m0/s1. The number of hydrogen-bond donors (Lipinski definition) is 0. The average Bonchev–Trinajstić information content (AvgIpc) is 2.79. The molecule has 5 nitrogen and oxygen atoms in total. The van der Waals surface area contributed by atoms with Crippen LogP contribution in [0, 0.1) is 5.92 Å². The summed E-state index contributed by atoms with van der Waals surface area (Å²) in [6.07, 6.45) is 4.11. The molecule has 2 aliphatic heterocycles. The zero-order valence-corrected chi connectivity index (χ0v) is 17.5. The van der Waals surface area contributed by atoms with Gasteiger partial charge in [-0.2, -0.15) is 0 Å². The van der Waals surface area contributed by atoms with Crippen molar-refractivity contribution in [3.63, 3.8) is 0 Å². The zero-order chi connectivity index (χ0) is 20.2. The Bertz CT molecular complexity index is 846. The first-order chi connectivity index (χ1) is 14.1. The number of benzene rings is 1. The molecule has 0 unspecified atom stereocenters. The van der Waals surface area contributed by atoms with Crippen LogP contribution in [0.5, 0.6) is 5.75 Å². The number of likely N-dealkylation sites (tertiary alicyclic amines) is 2. The third-order valence-corrected chi connectivity index (χ3v) is 6.36. The Morgan fingerprint density at radius 3 is 2.66 bits per heavy atom. The van der Waals surface area contributed by atoms with Gasteiger partial charge in [0.1, 0.15) is 5.75 Å². The highest BCUT2D eigenvalue weighted by atomic mass is 16.5. The second kappa shape index (κ2) is 8.95. The molecular formula is C24H31N3O2. The summed E-state index contributed by atoms with van der Waals surface area (Å²) >= 11 is 0. The monoisotopic (exact) mass is 393 g/mol. The van der Waals surface area contributed by atoms with Crippen LogP contribution in [-0.4, -0.2) is 61.0 Å². The second-order valence-electron chi connectivity index (χ2n) is 8.38. The van der Waals surface area contributed by atoms with Gasteiger partial charge in [-0.1, -0.05) is 18.2 Å². The summed E-state index contributed by atoms with van der Waals surface area (Å²) in [6.45, 7) is 3.73. The minimum absolute atomic E-state index is 0.195. The molecule has 0 N–H and O–H groups in total. The molecule has 2 aliphatic rings. The lowest BCUT2D eigenvalue weighted by molar-refractivity contribution is -0.138. The summed E-state index contributed by atoms with van der Waals surface area (Å²) in [5, 5.41) is 0. The van der Waals surface area contributed by atoms with Gasteiger partial charge < -0.3 is 14.5 Å². The fourth-order valence-corrected chi connectivity index (χ4v) is 4.55. The van der Waals surface area contributed by atoms with Gasteiger partial charge in [-0.25, -0.2) is 0 Å². The van der Waals surface area contributed by atoms with E-state index in [4.69, 9.17) is 9.72 Å². The van der Waals surface area contributed by atoms with E-state index in [0.29, 0.717) is 11.8 Å². The Balaban J connectivity index is 1.47. The van der Waals surface area contributed by atoms with Gasteiger partial charge in [0.15, 0.2) is 0 Å². The van der Waals surface area contributed by atoms with Crippen LogP contribution < -0.4 is 4.74 Å². The molecule has 0 aliphatic carbocycles. The quantitative estimate of drug-likeness (QED) is 0.793. The molecule has 4 rings (SSSR count). The summed E-state index contributed by atoms with van der Waals surface area (Å²) < 4.78 is 5.35. The number of aromatic nitrogens is 1. The predicted molar refractivity (Wildman–Crippen MR) is 115 cm³/mol. The van der Waals surface area contributed by atoms with Crippen molar-refractivity contribution in [2.75, 3.05) is 40.3 Å². The third-order valence-electron chi connectivity index (χ3n) is 6.36. The molecule has 2 saturated heterocycles. The van der Waals surface area contributed by atoms with E-state index < -0.39 is 0 Å². The number of piperidine rings is 2. The number of carbonyl (C=O) groups excluding carboxylic acids is 1. The Morgan fingerprint density at radius 1 is 1.07 bits per heavy atom. The van der Waals surface area contributed by atoms with Crippen molar-refractivity contribution in [1.29, 1.82) is 0 Å². The molecule has 5 heteroatoms. The van der Waals surface area contributed by atoms with E-state index in [0.717, 1.165) is 74.6 Å². The van der Waals surface area contributed by atoms with Crippen molar-refractivity contribution in [2.24, 2.45) is 5.92 Å². The van der Waals surface area contributed by atoms with E-state index in [1.54, 1.807) is 7.11 Å². The van der Waals surface area contributed by atoms with Crippen molar-refractivity contribution in [1.82, 2.24) is 14.8 Å². The molecule has 0 saturated carbocycles. The van der Waals surface area contributed by atoms with Gasteiger partial charge in [-0.05, 0) is 70.1 Å². The minimum Gasteiger partial charge on any atom is -0.497 e. The molecule has 2 aromatic rings. The molecule has 0 radical (unpaired) electrons. The van der Waals surface area contributed by atoms with Crippen molar-refractivity contribution < 1.29 is 9.53 Å². The predicted octanol–water partition coefficient (Wildman–Crippen LogP) is 3.81. The topological polar surface area (TPSA) is 45.7 Å². The molecule has 154 valence electrons. The smallest absolute Gasteiger partial charge is 0.225 e. The van der Waals surface area contributed by atoms with Gasteiger partial charge in [0.25, 0.3) is 0 Å². The summed E-state index contributed by atoms with van der Waals surface area (Å²) in [5.74, 6) is 1.69. The lowest BCUT2D eigenvalue weighted by Gasteiger charge is -2.37. The molecule has 1 amide bonds. The van der Waals surface area contributed by atoms with Gasteiger partial charge in [0.05, 0.1) is 12.8 Å². The number of amides is 1. The first-order valence-corrected chi connectivity index (χ1v) is 10.7. The van der Waals surface area contributed by atoms with Crippen LogP contribution in [0.25, 0.3) is 11.3 Å². The SMILES string of the molecule is COc1cccc(-c2cccc([C@H]3CCCN(C(=O)C4CCN(C)CC4)C3)n2)c1. The molecule has 3 heterocycles. The Kier molecular flexibility index (Phi) is 6.14. The first-order valence-electron chi connectivity index (χ1n) is 10.7. The maximum atomic E-state index is 13.1. The van der Waals surface area contributed by atoms with Crippen molar-refractivity contribution in [3.8, 4) is 17.0 Å². The second-order valence-corrected chi connectivity index (χ2v) is 8.38. The number of methoxy groups -OCH3 is 1. The van der Waals surface area contributed by atoms with Gasteiger partial charge in [0.2, 0.25) is 5.91 Å². The molecular weight excluding hydrogens is 362 g/mol. The fraction of sp³-hybridized carbons (Fsp3) is 0.500. The average molecular weight is 394 g/mol. The lowest BCUT2D eigenvalue weighted by atomic mass is 9.90. The van der Waals surface area contributed by atoms with Crippen LogP contribution in [0.1, 0.15) is 37.3 Å². The number of rotatable bonds is 4. The van der Waals surface area contributed by atoms with E-state index in [1.165, 1.54) is 0 Å². The molecule has 1 aromatic carbocycles. The van der Waals surface area contributed by atoms with E-state index in [2.05, 4.69) is 35.0 Å². The normalized spacial score (nSPS) is 21.2.